The van der Waals surface area contributed by atoms with E-state index >= 15 is 0 Å². The average Bonchev–Trinajstić information content (AvgIpc) is 2.30. The molecule has 0 bridgehead atoms. The van der Waals surface area contributed by atoms with Gasteiger partial charge in [0.2, 0.25) is 0 Å². The highest BCUT2D eigenvalue weighted by atomic mass is 32.2. The lowest BCUT2D eigenvalue weighted by atomic mass is 10.1. The van der Waals surface area contributed by atoms with Crippen molar-refractivity contribution < 1.29 is 8.42 Å². The van der Waals surface area contributed by atoms with Crippen molar-refractivity contribution >= 4 is 9.84 Å². The third-order valence-electron chi connectivity index (χ3n) is 3.22. The molecule has 0 spiro atoms. The second-order valence-corrected chi connectivity index (χ2v) is 6.85. The fourth-order valence-electron chi connectivity index (χ4n) is 2.23. The number of benzene rings is 1. The van der Waals surface area contributed by atoms with Gasteiger partial charge < -0.3 is 5.32 Å². The quantitative estimate of drug-likeness (QED) is 0.892. The summed E-state index contributed by atoms with van der Waals surface area (Å²) in [6.45, 7) is 3.26. The summed E-state index contributed by atoms with van der Waals surface area (Å²) in [5.74, 6) is 0.244. The Balaban J connectivity index is 2.21. The van der Waals surface area contributed by atoms with Crippen LogP contribution in [-0.4, -0.2) is 27.3 Å². The van der Waals surface area contributed by atoms with Crippen LogP contribution in [0.2, 0.25) is 0 Å². The first-order chi connectivity index (χ1) is 8.13. The highest BCUT2D eigenvalue weighted by molar-refractivity contribution is 7.91. The van der Waals surface area contributed by atoms with Gasteiger partial charge in [0.25, 0.3) is 0 Å². The van der Waals surface area contributed by atoms with Crippen LogP contribution in [0.4, 0.5) is 0 Å². The summed E-state index contributed by atoms with van der Waals surface area (Å²) in [7, 11) is -2.96. The highest BCUT2D eigenvalue weighted by Gasteiger charge is 2.29. The van der Waals surface area contributed by atoms with E-state index in [-0.39, 0.29) is 11.0 Å². The van der Waals surface area contributed by atoms with Gasteiger partial charge in [0.1, 0.15) is 0 Å². The van der Waals surface area contributed by atoms with Crippen LogP contribution < -0.4 is 5.32 Å². The first-order valence-corrected chi connectivity index (χ1v) is 7.86. The standard InChI is InChI=1S/C13H19NO2S/c1-2-3-11-4-6-12(7-5-11)13-10-14-8-9-17(13,15)16/h4-7,13-14H,2-3,8-10H2,1H3. The third kappa shape index (κ3) is 2.87. The van der Waals surface area contributed by atoms with Gasteiger partial charge in [-0.2, -0.15) is 0 Å². The number of rotatable bonds is 3. The maximum absolute atomic E-state index is 12.0. The molecule has 17 heavy (non-hydrogen) atoms. The van der Waals surface area contributed by atoms with Crippen molar-refractivity contribution in [3.63, 3.8) is 0 Å². The molecule has 1 atom stereocenters. The lowest BCUT2D eigenvalue weighted by Crippen LogP contribution is -2.38. The van der Waals surface area contributed by atoms with E-state index in [2.05, 4.69) is 12.2 Å². The molecule has 1 fully saturated rings. The highest BCUT2D eigenvalue weighted by Crippen LogP contribution is 2.25. The molecular formula is C13H19NO2S. The topological polar surface area (TPSA) is 46.2 Å². The molecule has 0 aromatic heterocycles. The van der Waals surface area contributed by atoms with Crippen LogP contribution in [0.1, 0.15) is 29.7 Å². The molecule has 4 heteroatoms. The normalized spacial score (nSPS) is 23.5. The number of hydrogen-bond donors (Lipinski definition) is 1. The minimum atomic E-state index is -2.96. The van der Waals surface area contributed by atoms with E-state index in [1.54, 1.807) is 0 Å². The maximum atomic E-state index is 12.0. The zero-order valence-electron chi connectivity index (χ0n) is 10.1. The molecular weight excluding hydrogens is 234 g/mol. The minimum Gasteiger partial charge on any atom is -0.314 e. The van der Waals surface area contributed by atoms with Crippen molar-refractivity contribution in [2.45, 2.75) is 25.0 Å². The molecule has 0 aliphatic carbocycles. The van der Waals surface area contributed by atoms with Gasteiger partial charge in [-0.1, -0.05) is 37.6 Å². The van der Waals surface area contributed by atoms with Crippen molar-refractivity contribution in [2.75, 3.05) is 18.8 Å². The Morgan fingerprint density at radius 1 is 1.29 bits per heavy atom. The van der Waals surface area contributed by atoms with E-state index in [1.165, 1.54) is 5.56 Å². The van der Waals surface area contributed by atoms with Crippen LogP contribution in [0.25, 0.3) is 0 Å². The van der Waals surface area contributed by atoms with Crippen molar-refractivity contribution in [1.29, 1.82) is 0 Å². The number of hydrogen-bond acceptors (Lipinski definition) is 3. The molecule has 1 saturated heterocycles. The lowest BCUT2D eigenvalue weighted by molar-refractivity contribution is 0.551. The number of aryl methyl sites for hydroxylation is 1. The Kier molecular flexibility index (Phi) is 3.84. The molecule has 1 heterocycles. The molecule has 0 saturated carbocycles. The van der Waals surface area contributed by atoms with Gasteiger partial charge >= 0.3 is 0 Å². The minimum absolute atomic E-state index is 0.244. The zero-order chi connectivity index (χ0) is 12.3. The van der Waals surface area contributed by atoms with Crippen molar-refractivity contribution in [2.24, 2.45) is 0 Å². The van der Waals surface area contributed by atoms with E-state index in [4.69, 9.17) is 0 Å². The monoisotopic (exact) mass is 253 g/mol. The molecule has 1 unspecified atom stereocenters. The molecule has 0 amide bonds. The Labute approximate surface area is 103 Å². The molecule has 1 N–H and O–H groups in total. The summed E-state index contributed by atoms with van der Waals surface area (Å²) >= 11 is 0. The fourth-order valence-corrected chi connectivity index (χ4v) is 3.89. The molecule has 94 valence electrons. The summed E-state index contributed by atoms with van der Waals surface area (Å²) in [5, 5.41) is 2.78. The molecule has 0 radical (unpaired) electrons. The van der Waals surface area contributed by atoms with Crippen LogP contribution in [0.3, 0.4) is 0 Å². The van der Waals surface area contributed by atoms with E-state index in [9.17, 15) is 8.42 Å². The Morgan fingerprint density at radius 3 is 2.59 bits per heavy atom. The van der Waals surface area contributed by atoms with Gasteiger partial charge in [0.05, 0.1) is 11.0 Å². The fraction of sp³-hybridized carbons (Fsp3) is 0.538. The molecule has 1 aliphatic rings. The van der Waals surface area contributed by atoms with Gasteiger partial charge in [-0.05, 0) is 17.5 Å². The summed E-state index contributed by atoms with van der Waals surface area (Å²) in [5.41, 5.74) is 2.19. The van der Waals surface area contributed by atoms with Crippen molar-refractivity contribution in [3.8, 4) is 0 Å². The van der Waals surface area contributed by atoms with E-state index < -0.39 is 9.84 Å². The summed E-state index contributed by atoms with van der Waals surface area (Å²) in [6, 6.07) is 8.01. The zero-order valence-corrected chi connectivity index (χ0v) is 11.0. The molecule has 1 aromatic carbocycles. The van der Waals surface area contributed by atoms with Gasteiger partial charge in [0.15, 0.2) is 9.84 Å². The first-order valence-electron chi connectivity index (χ1n) is 6.14. The second-order valence-electron chi connectivity index (χ2n) is 4.55. The Hall–Kier alpha value is -0.870. The van der Waals surface area contributed by atoms with Gasteiger partial charge in [0, 0.05) is 13.1 Å². The SMILES string of the molecule is CCCc1ccc(C2CNCCS2(=O)=O)cc1. The van der Waals surface area contributed by atoms with Gasteiger partial charge in [-0.3, -0.25) is 0 Å². The van der Waals surface area contributed by atoms with E-state index in [0.717, 1.165) is 18.4 Å². The maximum Gasteiger partial charge on any atom is 0.159 e. The summed E-state index contributed by atoms with van der Waals surface area (Å²) in [6.07, 6.45) is 2.17. The van der Waals surface area contributed by atoms with Crippen molar-refractivity contribution in [1.82, 2.24) is 5.32 Å². The Bertz CT molecular complexity index is 465. The third-order valence-corrected chi connectivity index (χ3v) is 5.30. The van der Waals surface area contributed by atoms with E-state index in [0.29, 0.717) is 13.1 Å². The van der Waals surface area contributed by atoms with E-state index in [1.807, 2.05) is 24.3 Å². The van der Waals surface area contributed by atoms with Crippen LogP contribution in [0.15, 0.2) is 24.3 Å². The van der Waals surface area contributed by atoms with Crippen LogP contribution >= 0.6 is 0 Å². The number of sulfone groups is 1. The smallest absolute Gasteiger partial charge is 0.159 e. The largest absolute Gasteiger partial charge is 0.314 e. The van der Waals surface area contributed by atoms with Gasteiger partial charge in [-0.15, -0.1) is 0 Å². The predicted molar refractivity (Wildman–Crippen MR) is 69.8 cm³/mol. The average molecular weight is 253 g/mol. The summed E-state index contributed by atoms with van der Waals surface area (Å²) in [4.78, 5) is 0. The van der Waals surface area contributed by atoms with Crippen LogP contribution in [0.5, 0.6) is 0 Å². The first kappa shape index (κ1) is 12.6. The predicted octanol–water partition coefficient (Wildman–Crippen LogP) is 1.70. The molecule has 1 aliphatic heterocycles. The number of nitrogens with one attached hydrogen (secondary N) is 1. The van der Waals surface area contributed by atoms with Crippen LogP contribution in [0, 0.1) is 0 Å². The second kappa shape index (κ2) is 5.19. The molecule has 3 nitrogen and oxygen atoms in total. The lowest BCUT2D eigenvalue weighted by Gasteiger charge is -2.23. The molecule has 1 aromatic rings. The van der Waals surface area contributed by atoms with Crippen molar-refractivity contribution in [3.05, 3.63) is 35.4 Å². The molecule has 2 rings (SSSR count). The Morgan fingerprint density at radius 2 is 2.00 bits per heavy atom. The van der Waals surface area contributed by atoms with Gasteiger partial charge in [-0.25, -0.2) is 8.42 Å². The summed E-state index contributed by atoms with van der Waals surface area (Å²) < 4.78 is 23.9. The van der Waals surface area contributed by atoms with Crippen LogP contribution in [-0.2, 0) is 16.3 Å².